The zero-order chi connectivity index (χ0) is 13.8. The van der Waals surface area contributed by atoms with Crippen LogP contribution < -0.4 is 5.69 Å². The van der Waals surface area contributed by atoms with E-state index in [1.54, 1.807) is 12.4 Å². The minimum absolute atomic E-state index is 0.00699. The van der Waals surface area contributed by atoms with Gasteiger partial charge in [-0.25, -0.2) is 4.79 Å². The molecule has 0 spiro atoms. The van der Waals surface area contributed by atoms with E-state index in [1.165, 1.54) is 12.8 Å². The molecule has 1 fully saturated rings. The number of nitrogens with zero attached hydrogens (tertiary/aromatic N) is 2. The molecular weight excluding hydrogens is 238 g/mol. The van der Waals surface area contributed by atoms with Crippen LogP contribution in [0.25, 0.3) is 11.0 Å². The number of rotatable bonds is 1. The molecular formula is C15H23N3O. The lowest BCUT2D eigenvalue weighted by Crippen LogP contribution is -2.25. The van der Waals surface area contributed by atoms with Gasteiger partial charge in [-0.3, -0.25) is 9.55 Å². The van der Waals surface area contributed by atoms with Gasteiger partial charge >= 0.3 is 5.69 Å². The third-order valence-electron chi connectivity index (χ3n) is 3.87. The third kappa shape index (κ3) is 2.72. The number of pyridine rings is 1. The lowest BCUT2D eigenvalue weighted by Gasteiger charge is -2.27. The van der Waals surface area contributed by atoms with Gasteiger partial charge in [-0.1, -0.05) is 20.8 Å². The molecule has 1 saturated carbocycles. The van der Waals surface area contributed by atoms with Crippen molar-refractivity contribution in [3.63, 3.8) is 0 Å². The molecule has 2 aromatic heterocycles. The minimum atomic E-state index is 0.00699. The first-order chi connectivity index (χ1) is 9.25. The smallest absolute Gasteiger partial charge is 0.304 e. The number of H-pyrrole nitrogens is 1. The fourth-order valence-electron chi connectivity index (χ4n) is 2.84. The topological polar surface area (TPSA) is 50.7 Å². The van der Waals surface area contributed by atoms with E-state index in [9.17, 15) is 4.79 Å². The molecule has 0 saturated heterocycles. The van der Waals surface area contributed by atoms with Gasteiger partial charge in [0.25, 0.3) is 0 Å². The van der Waals surface area contributed by atoms with Crippen molar-refractivity contribution in [2.75, 3.05) is 0 Å². The number of hydrogen-bond donors (Lipinski definition) is 1. The van der Waals surface area contributed by atoms with E-state index in [0.29, 0.717) is 6.04 Å². The van der Waals surface area contributed by atoms with Crippen LogP contribution in [0.15, 0.2) is 23.3 Å². The summed E-state index contributed by atoms with van der Waals surface area (Å²) in [5, 5.41) is 0. The largest absolute Gasteiger partial charge is 0.326 e. The third-order valence-corrected chi connectivity index (χ3v) is 3.87. The summed E-state index contributed by atoms with van der Waals surface area (Å²) < 4.78 is 1.92. The monoisotopic (exact) mass is 261 g/mol. The number of aromatic nitrogens is 3. The molecule has 104 valence electrons. The van der Waals surface area contributed by atoms with Crippen molar-refractivity contribution < 1.29 is 0 Å². The number of nitrogens with one attached hydrogen (secondary N) is 1. The molecule has 0 atom stereocenters. The highest BCUT2D eigenvalue weighted by Gasteiger charge is 2.22. The quantitative estimate of drug-likeness (QED) is 0.854. The van der Waals surface area contributed by atoms with Gasteiger partial charge in [-0.15, -0.1) is 0 Å². The van der Waals surface area contributed by atoms with E-state index in [2.05, 4.69) is 16.9 Å². The molecule has 0 bridgehead atoms. The molecule has 1 aliphatic rings. The summed E-state index contributed by atoms with van der Waals surface area (Å²) >= 11 is 0. The first-order valence-electron chi connectivity index (χ1n) is 7.30. The standard InChI is InChI=1S/C13H17N3O.C2H6/c1-9-2-4-10(5-3-9)16-12-6-7-14-8-11(12)15-13(16)17;1-2/h6-10H,2-5H2,1H3,(H,15,17);1-2H3. The van der Waals surface area contributed by atoms with Crippen molar-refractivity contribution in [3.05, 3.63) is 28.9 Å². The van der Waals surface area contributed by atoms with E-state index >= 15 is 0 Å². The molecule has 0 amide bonds. The normalized spacial score (nSPS) is 22.9. The van der Waals surface area contributed by atoms with Gasteiger partial charge in [0.15, 0.2) is 0 Å². The second-order valence-electron chi connectivity index (χ2n) is 5.11. The van der Waals surface area contributed by atoms with Crippen LogP contribution in [0.1, 0.15) is 52.5 Å². The second kappa shape index (κ2) is 6.04. The SMILES string of the molecule is CC.CC1CCC(n2c(=O)[nH]c3cnccc32)CC1. The van der Waals surface area contributed by atoms with E-state index in [-0.39, 0.29) is 5.69 Å². The van der Waals surface area contributed by atoms with Crippen molar-refractivity contribution in [2.45, 2.75) is 52.5 Å². The maximum absolute atomic E-state index is 12.0. The van der Waals surface area contributed by atoms with E-state index in [0.717, 1.165) is 29.8 Å². The predicted octanol–water partition coefficient (Wildman–Crippen LogP) is 3.50. The Morgan fingerprint density at radius 1 is 1.26 bits per heavy atom. The molecule has 4 nitrogen and oxygen atoms in total. The van der Waals surface area contributed by atoms with Gasteiger partial charge in [0.05, 0.1) is 17.2 Å². The minimum Gasteiger partial charge on any atom is -0.304 e. The first-order valence-corrected chi connectivity index (χ1v) is 7.30. The molecule has 3 rings (SSSR count). The predicted molar refractivity (Wildman–Crippen MR) is 78.4 cm³/mol. The van der Waals surface area contributed by atoms with E-state index in [4.69, 9.17) is 0 Å². The highest BCUT2D eigenvalue weighted by molar-refractivity contribution is 5.73. The highest BCUT2D eigenvalue weighted by atomic mass is 16.1. The maximum atomic E-state index is 12.0. The zero-order valence-corrected chi connectivity index (χ0v) is 12.0. The molecule has 0 aromatic carbocycles. The van der Waals surface area contributed by atoms with Crippen LogP contribution in [0.4, 0.5) is 0 Å². The average Bonchev–Trinajstić information content (AvgIpc) is 2.78. The van der Waals surface area contributed by atoms with Crippen LogP contribution in [-0.4, -0.2) is 14.5 Å². The molecule has 0 aliphatic heterocycles. The summed E-state index contributed by atoms with van der Waals surface area (Å²) in [5.41, 5.74) is 1.84. The van der Waals surface area contributed by atoms with Crippen LogP contribution >= 0.6 is 0 Å². The Morgan fingerprint density at radius 2 is 1.95 bits per heavy atom. The molecule has 1 aliphatic carbocycles. The summed E-state index contributed by atoms with van der Waals surface area (Å²) in [6.45, 7) is 6.29. The highest BCUT2D eigenvalue weighted by Crippen LogP contribution is 2.32. The average molecular weight is 261 g/mol. The van der Waals surface area contributed by atoms with Gasteiger partial charge in [0.1, 0.15) is 0 Å². The summed E-state index contributed by atoms with van der Waals surface area (Å²) in [5.74, 6) is 0.800. The second-order valence-corrected chi connectivity index (χ2v) is 5.11. The first kappa shape index (κ1) is 13.8. The lowest BCUT2D eigenvalue weighted by molar-refractivity contribution is 0.290. The Labute approximate surface area is 113 Å². The van der Waals surface area contributed by atoms with Crippen LogP contribution in [0.2, 0.25) is 0 Å². The molecule has 2 aromatic rings. The Balaban J connectivity index is 0.000000637. The Hall–Kier alpha value is -1.58. The lowest BCUT2D eigenvalue weighted by atomic mass is 9.87. The van der Waals surface area contributed by atoms with Crippen LogP contribution in [-0.2, 0) is 0 Å². The molecule has 0 unspecified atom stereocenters. The Kier molecular flexibility index (Phi) is 4.40. The Bertz CT molecular complexity index is 576. The molecule has 19 heavy (non-hydrogen) atoms. The zero-order valence-electron chi connectivity index (χ0n) is 12.0. The van der Waals surface area contributed by atoms with Crippen molar-refractivity contribution in [1.82, 2.24) is 14.5 Å². The van der Waals surface area contributed by atoms with Gasteiger partial charge in [-0.05, 0) is 37.7 Å². The van der Waals surface area contributed by atoms with Crippen LogP contribution in [0, 0.1) is 5.92 Å². The Morgan fingerprint density at radius 3 is 2.63 bits per heavy atom. The fourth-order valence-corrected chi connectivity index (χ4v) is 2.84. The van der Waals surface area contributed by atoms with Crippen molar-refractivity contribution in [1.29, 1.82) is 0 Å². The summed E-state index contributed by atoms with van der Waals surface area (Å²) in [6.07, 6.45) is 8.12. The van der Waals surface area contributed by atoms with Gasteiger partial charge < -0.3 is 4.98 Å². The number of fused-ring (bicyclic) bond motifs is 1. The van der Waals surface area contributed by atoms with Crippen molar-refractivity contribution >= 4 is 11.0 Å². The molecule has 2 heterocycles. The molecule has 4 heteroatoms. The fraction of sp³-hybridized carbons (Fsp3) is 0.600. The summed E-state index contributed by atoms with van der Waals surface area (Å²) in [6, 6.07) is 2.28. The van der Waals surface area contributed by atoms with Gasteiger partial charge in [0.2, 0.25) is 0 Å². The summed E-state index contributed by atoms with van der Waals surface area (Å²) in [4.78, 5) is 18.9. The van der Waals surface area contributed by atoms with Crippen molar-refractivity contribution in [3.8, 4) is 0 Å². The van der Waals surface area contributed by atoms with Gasteiger partial charge in [0, 0.05) is 12.2 Å². The maximum Gasteiger partial charge on any atom is 0.326 e. The van der Waals surface area contributed by atoms with E-state index < -0.39 is 0 Å². The molecule has 1 N–H and O–H groups in total. The van der Waals surface area contributed by atoms with Crippen LogP contribution in [0.3, 0.4) is 0 Å². The van der Waals surface area contributed by atoms with Crippen molar-refractivity contribution in [2.24, 2.45) is 5.92 Å². The number of imidazole rings is 1. The summed E-state index contributed by atoms with van der Waals surface area (Å²) in [7, 11) is 0. The van der Waals surface area contributed by atoms with E-state index in [1.807, 2.05) is 24.5 Å². The van der Waals surface area contributed by atoms with Crippen LogP contribution in [0.5, 0.6) is 0 Å². The van der Waals surface area contributed by atoms with Gasteiger partial charge in [-0.2, -0.15) is 0 Å². The molecule has 0 radical (unpaired) electrons. The number of hydrogen-bond acceptors (Lipinski definition) is 2. The number of aromatic amines is 1.